The quantitative estimate of drug-likeness (QED) is 0.342. The molecule has 1 amide bonds. The van der Waals surface area contributed by atoms with Crippen LogP contribution in [0.1, 0.15) is 17.2 Å². The summed E-state index contributed by atoms with van der Waals surface area (Å²) in [4.78, 5) is 25.2. The van der Waals surface area contributed by atoms with E-state index in [1.807, 2.05) is 0 Å². The van der Waals surface area contributed by atoms with E-state index in [4.69, 9.17) is 39.1 Å². The molecule has 11 heteroatoms. The Kier molecular flexibility index (Phi) is 9.22. The fourth-order valence-electron chi connectivity index (χ4n) is 2.40. The molecule has 2 aromatic rings. The van der Waals surface area contributed by atoms with Crippen LogP contribution in [-0.4, -0.2) is 48.4 Å². The molecule has 0 aliphatic heterocycles. The number of hydrogen-bond acceptors (Lipinski definition) is 5. The summed E-state index contributed by atoms with van der Waals surface area (Å²) in [6, 6.07) is 7.91. The molecule has 0 fully saturated rings. The molecule has 0 aliphatic carbocycles. The van der Waals surface area contributed by atoms with Gasteiger partial charge in [0.15, 0.2) is 12.6 Å². The minimum Gasteiger partial charge on any atom is -0.482 e. The van der Waals surface area contributed by atoms with Gasteiger partial charge in [-0.05, 0) is 36.4 Å². The first-order valence-corrected chi connectivity index (χ1v) is 9.11. The van der Waals surface area contributed by atoms with Crippen LogP contribution in [-0.2, 0) is 9.59 Å². The first-order chi connectivity index (χ1) is 13.6. The molecule has 0 saturated heterocycles. The molecule has 0 radical (unpaired) electrons. The fraction of sp³-hybridized carbons (Fsp3) is 0.211. The van der Waals surface area contributed by atoms with Gasteiger partial charge >= 0.3 is 5.97 Å². The van der Waals surface area contributed by atoms with Gasteiger partial charge in [0, 0.05) is 35.9 Å². The number of carbonyl (C=O) groups excluding carboxylic acids is 1. The van der Waals surface area contributed by atoms with Gasteiger partial charge in [-0.1, -0.05) is 23.2 Å². The average molecular weight is 476 g/mol. The molecule has 0 saturated carbocycles. The molecule has 2 aromatic carbocycles. The predicted molar refractivity (Wildman–Crippen MR) is 119 cm³/mol. The van der Waals surface area contributed by atoms with Gasteiger partial charge in [0.1, 0.15) is 11.6 Å². The number of carboxylic acids is 1. The second kappa shape index (κ2) is 10.9. The van der Waals surface area contributed by atoms with Crippen LogP contribution in [0.25, 0.3) is 0 Å². The first kappa shape index (κ1) is 25.4. The number of nitrogens with zero attached hydrogens (tertiary/aromatic N) is 1. The Labute approximate surface area is 189 Å². The third kappa shape index (κ3) is 6.41. The highest BCUT2D eigenvalue weighted by Crippen LogP contribution is 2.37. The number of amides is 1. The number of amidine groups is 1. The van der Waals surface area contributed by atoms with Crippen molar-refractivity contribution in [2.24, 2.45) is 5.73 Å². The van der Waals surface area contributed by atoms with E-state index in [0.29, 0.717) is 11.3 Å². The molecule has 8 nitrogen and oxygen atoms in total. The van der Waals surface area contributed by atoms with Gasteiger partial charge < -0.3 is 25.8 Å². The van der Waals surface area contributed by atoms with Gasteiger partial charge in [0.05, 0.1) is 5.02 Å². The Hall–Kier alpha value is -2.68. The predicted octanol–water partition coefficient (Wildman–Crippen LogP) is 3.40. The molecule has 30 heavy (non-hydrogen) atoms. The van der Waals surface area contributed by atoms with Gasteiger partial charge in [-0.25, -0.2) is 4.79 Å². The summed E-state index contributed by atoms with van der Waals surface area (Å²) in [5.41, 5.74) is 6.56. The van der Waals surface area contributed by atoms with Crippen molar-refractivity contribution in [1.29, 1.82) is 5.41 Å². The van der Waals surface area contributed by atoms with Gasteiger partial charge in [-0.3, -0.25) is 10.2 Å². The first-order valence-electron chi connectivity index (χ1n) is 8.35. The van der Waals surface area contributed by atoms with Crippen LogP contribution in [0, 0.1) is 5.41 Å². The van der Waals surface area contributed by atoms with E-state index >= 15 is 0 Å². The SMILES string of the molecule is CN(C)C(=O)COc1c(Cl)cc(Cl)cc1C(Nc1ccc(C(=N)N)cc1)C(=O)O.Cl. The Morgan fingerprint density at radius 1 is 1.23 bits per heavy atom. The number of hydrogen-bond donors (Lipinski definition) is 4. The van der Waals surface area contributed by atoms with E-state index in [9.17, 15) is 14.7 Å². The lowest BCUT2D eigenvalue weighted by Crippen LogP contribution is -2.28. The summed E-state index contributed by atoms with van der Waals surface area (Å²) in [6.07, 6.45) is 0. The molecule has 0 aliphatic rings. The van der Waals surface area contributed by atoms with E-state index in [0.717, 1.165) is 0 Å². The lowest BCUT2D eigenvalue weighted by atomic mass is 10.0. The summed E-state index contributed by atoms with van der Waals surface area (Å²) in [5.74, 6) is -1.58. The third-order valence-corrected chi connectivity index (χ3v) is 4.44. The molecule has 0 bridgehead atoms. The maximum Gasteiger partial charge on any atom is 0.330 e. The zero-order valence-electron chi connectivity index (χ0n) is 16.1. The number of nitrogens with one attached hydrogen (secondary N) is 2. The van der Waals surface area contributed by atoms with Gasteiger partial charge in [0.2, 0.25) is 0 Å². The van der Waals surface area contributed by atoms with E-state index in [-0.39, 0.29) is 52.1 Å². The summed E-state index contributed by atoms with van der Waals surface area (Å²) < 4.78 is 5.54. The summed E-state index contributed by atoms with van der Waals surface area (Å²) in [7, 11) is 3.14. The van der Waals surface area contributed by atoms with Crippen LogP contribution < -0.4 is 15.8 Å². The molecule has 162 valence electrons. The van der Waals surface area contributed by atoms with E-state index in [1.165, 1.54) is 17.0 Å². The van der Waals surface area contributed by atoms with Crippen LogP contribution in [0.3, 0.4) is 0 Å². The van der Waals surface area contributed by atoms with Crippen molar-refractivity contribution in [3.8, 4) is 5.75 Å². The maximum atomic E-state index is 12.0. The lowest BCUT2D eigenvalue weighted by molar-refractivity contribution is -0.138. The number of carboxylic acid groups (broad SMARTS) is 1. The molecular formula is C19H21Cl3N4O4. The average Bonchev–Trinajstić information content (AvgIpc) is 2.64. The summed E-state index contributed by atoms with van der Waals surface area (Å²) >= 11 is 12.3. The van der Waals surface area contributed by atoms with Gasteiger partial charge in [-0.15, -0.1) is 12.4 Å². The normalized spacial score (nSPS) is 11.1. The molecule has 0 aromatic heterocycles. The number of nitrogen functional groups attached to an aromatic ring is 1. The standard InChI is InChI=1S/C19H20Cl2N4O4.ClH/c1-25(2)15(26)9-29-17-13(7-11(20)8-14(17)21)16(19(27)28)24-12-5-3-10(4-6-12)18(22)23;/h3-8,16,24H,9H2,1-2H3,(H3,22,23)(H,27,28);1H. The number of ether oxygens (including phenoxy) is 1. The Morgan fingerprint density at radius 3 is 2.33 bits per heavy atom. The zero-order chi connectivity index (χ0) is 21.7. The highest BCUT2D eigenvalue weighted by molar-refractivity contribution is 6.35. The highest BCUT2D eigenvalue weighted by atomic mass is 35.5. The number of carbonyl (C=O) groups is 2. The van der Waals surface area contributed by atoms with Crippen LogP contribution in [0.5, 0.6) is 5.75 Å². The summed E-state index contributed by atoms with van der Waals surface area (Å²) in [5, 5.41) is 20.4. The van der Waals surface area contributed by atoms with Gasteiger partial charge in [-0.2, -0.15) is 0 Å². The number of rotatable bonds is 8. The van der Waals surface area contributed by atoms with E-state index in [2.05, 4.69) is 5.32 Å². The van der Waals surface area contributed by atoms with E-state index in [1.54, 1.807) is 38.4 Å². The molecule has 0 spiro atoms. The van der Waals surface area contributed by atoms with Crippen LogP contribution in [0.4, 0.5) is 5.69 Å². The number of aliphatic carboxylic acids is 1. The third-order valence-electron chi connectivity index (χ3n) is 3.94. The second-order valence-electron chi connectivity index (χ2n) is 6.29. The monoisotopic (exact) mass is 474 g/mol. The molecule has 0 heterocycles. The largest absolute Gasteiger partial charge is 0.482 e. The number of benzene rings is 2. The molecule has 1 unspecified atom stereocenters. The van der Waals surface area contributed by atoms with Crippen LogP contribution >= 0.6 is 35.6 Å². The van der Waals surface area contributed by atoms with Crippen LogP contribution in [0.2, 0.25) is 10.0 Å². The van der Waals surface area contributed by atoms with Crippen molar-refractivity contribution in [2.45, 2.75) is 6.04 Å². The van der Waals surface area contributed by atoms with E-state index < -0.39 is 12.0 Å². The van der Waals surface area contributed by atoms with Crippen molar-refractivity contribution in [2.75, 3.05) is 26.0 Å². The number of nitrogens with two attached hydrogens (primary N) is 1. The lowest BCUT2D eigenvalue weighted by Gasteiger charge is -2.21. The molecule has 1 atom stereocenters. The van der Waals surface area contributed by atoms with Crippen LogP contribution in [0.15, 0.2) is 36.4 Å². The number of halogens is 3. The Morgan fingerprint density at radius 2 is 1.83 bits per heavy atom. The van der Waals surface area contributed by atoms with Crippen molar-refractivity contribution < 1.29 is 19.4 Å². The minimum absolute atomic E-state index is 0. The number of likely N-dealkylation sites (N-methyl/N-ethyl adjacent to an activating group) is 1. The highest BCUT2D eigenvalue weighted by Gasteiger charge is 2.26. The maximum absolute atomic E-state index is 12.0. The van der Waals surface area contributed by atoms with Crippen molar-refractivity contribution in [3.63, 3.8) is 0 Å². The molecular weight excluding hydrogens is 455 g/mol. The fourth-order valence-corrected chi connectivity index (χ4v) is 2.96. The van der Waals surface area contributed by atoms with Crippen molar-refractivity contribution >= 4 is 59.0 Å². The Bertz CT molecular complexity index is 936. The second-order valence-corrected chi connectivity index (χ2v) is 7.13. The zero-order valence-corrected chi connectivity index (χ0v) is 18.4. The Balaban J connectivity index is 0.00000450. The van der Waals surface area contributed by atoms with Gasteiger partial charge in [0.25, 0.3) is 5.91 Å². The minimum atomic E-state index is -1.26. The molecule has 2 rings (SSSR count). The summed E-state index contributed by atoms with van der Waals surface area (Å²) in [6.45, 7) is -0.318. The van der Waals surface area contributed by atoms with Crippen molar-refractivity contribution in [3.05, 3.63) is 57.6 Å². The smallest absolute Gasteiger partial charge is 0.330 e. The molecule has 5 N–H and O–H groups in total. The topological polar surface area (TPSA) is 129 Å². The number of anilines is 1. The van der Waals surface area contributed by atoms with Crippen molar-refractivity contribution in [1.82, 2.24) is 4.90 Å².